The number of rotatable bonds is 4. The standard InChI is InChI=1S/C17H15N3O4S2/c21-26(22,14-6-7-16-17(10-14)24-9-1-8-23-16)19-13-4-2-12(3-5-13)15-11-25-20-18-15/h2-7,10-11,19H,1,8-9H2. The van der Waals surface area contributed by atoms with E-state index in [4.69, 9.17) is 9.47 Å². The minimum atomic E-state index is -3.74. The molecule has 0 spiro atoms. The second-order valence-corrected chi connectivity index (χ2v) is 7.92. The zero-order valence-electron chi connectivity index (χ0n) is 13.6. The molecule has 0 bridgehead atoms. The third-order valence-electron chi connectivity index (χ3n) is 3.82. The normalized spacial score (nSPS) is 13.8. The first-order valence-corrected chi connectivity index (χ1v) is 10.2. The molecule has 0 radical (unpaired) electrons. The maximum absolute atomic E-state index is 12.7. The molecule has 1 N–H and O–H groups in total. The number of aromatic nitrogens is 2. The Kier molecular flexibility index (Phi) is 4.48. The maximum atomic E-state index is 12.7. The van der Waals surface area contributed by atoms with Gasteiger partial charge in [0.1, 0.15) is 5.69 Å². The molecule has 134 valence electrons. The van der Waals surface area contributed by atoms with Gasteiger partial charge in [0.25, 0.3) is 10.0 Å². The largest absolute Gasteiger partial charge is 0.490 e. The van der Waals surface area contributed by atoms with Gasteiger partial charge in [0, 0.05) is 29.1 Å². The highest BCUT2D eigenvalue weighted by molar-refractivity contribution is 7.92. The minimum absolute atomic E-state index is 0.120. The van der Waals surface area contributed by atoms with Crippen LogP contribution in [0.4, 0.5) is 5.69 Å². The molecular formula is C17H15N3O4S2. The van der Waals surface area contributed by atoms with Gasteiger partial charge in [0.15, 0.2) is 11.5 Å². The number of hydrogen-bond donors (Lipinski definition) is 1. The third-order valence-corrected chi connectivity index (χ3v) is 5.71. The predicted molar refractivity (Wildman–Crippen MR) is 98.2 cm³/mol. The molecule has 1 aliphatic rings. The van der Waals surface area contributed by atoms with Crippen LogP contribution in [-0.4, -0.2) is 31.2 Å². The molecule has 0 fully saturated rings. The Morgan fingerprint density at radius 1 is 1.00 bits per heavy atom. The van der Waals surface area contributed by atoms with Gasteiger partial charge in [-0.05, 0) is 35.8 Å². The van der Waals surface area contributed by atoms with Crippen molar-refractivity contribution in [3.63, 3.8) is 0 Å². The smallest absolute Gasteiger partial charge is 0.262 e. The summed E-state index contributed by atoms with van der Waals surface area (Å²) in [7, 11) is -3.74. The van der Waals surface area contributed by atoms with Gasteiger partial charge in [-0.25, -0.2) is 8.42 Å². The molecule has 9 heteroatoms. The first kappa shape index (κ1) is 16.8. The van der Waals surface area contributed by atoms with Crippen LogP contribution in [0.2, 0.25) is 0 Å². The fourth-order valence-corrected chi connectivity index (χ4v) is 4.06. The van der Waals surface area contributed by atoms with Crippen molar-refractivity contribution in [1.82, 2.24) is 9.59 Å². The molecule has 2 aromatic carbocycles. The van der Waals surface area contributed by atoms with Gasteiger partial charge in [0.2, 0.25) is 0 Å². The van der Waals surface area contributed by atoms with Crippen LogP contribution < -0.4 is 14.2 Å². The van der Waals surface area contributed by atoms with E-state index >= 15 is 0 Å². The van der Waals surface area contributed by atoms with E-state index < -0.39 is 10.0 Å². The number of hydrogen-bond acceptors (Lipinski definition) is 7. The van der Waals surface area contributed by atoms with Crippen molar-refractivity contribution in [2.75, 3.05) is 17.9 Å². The summed E-state index contributed by atoms with van der Waals surface area (Å²) < 4.78 is 42.8. The van der Waals surface area contributed by atoms with Gasteiger partial charge in [-0.15, -0.1) is 5.10 Å². The summed E-state index contributed by atoms with van der Waals surface area (Å²) in [6.45, 7) is 1.05. The van der Waals surface area contributed by atoms with Crippen molar-refractivity contribution >= 4 is 27.2 Å². The quantitative estimate of drug-likeness (QED) is 0.737. The molecule has 0 atom stereocenters. The van der Waals surface area contributed by atoms with E-state index in [0.717, 1.165) is 17.7 Å². The fourth-order valence-electron chi connectivity index (χ4n) is 2.52. The highest BCUT2D eigenvalue weighted by atomic mass is 32.2. The predicted octanol–water partition coefficient (Wildman–Crippen LogP) is 3.17. The summed E-state index contributed by atoms with van der Waals surface area (Å²) in [5, 5.41) is 5.82. The van der Waals surface area contributed by atoms with Gasteiger partial charge in [-0.1, -0.05) is 16.6 Å². The van der Waals surface area contributed by atoms with Gasteiger partial charge >= 0.3 is 0 Å². The molecule has 0 saturated carbocycles. The summed E-state index contributed by atoms with van der Waals surface area (Å²) in [5.41, 5.74) is 2.09. The van der Waals surface area contributed by atoms with E-state index in [1.165, 1.54) is 23.7 Å². The molecular weight excluding hydrogens is 374 g/mol. The first-order chi connectivity index (χ1) is 12.6. The average molecular weight is 389 g/mol. The van der Waals surface area contributed by atoms with Crippen LogP contribution in [0.25, 0.3) is 11.3 Å². The van der Waals surface area contributed by atoms with E-state index in [1.54, 1.807) is 30.3 Å². The number of nitrogens with zero attached hydrogens (tertiary/aromatic N) is 2. The Hall–Kier alpha value is -2.65. The molecule has 4 rings (SSSR count). The van der Waals surface area contributed by atoms with E-state index in [0.29, 0.717) is 30.4 Å². The van der Waals surface area contributed by atoms with Gasteiger partial charge in [-0.3, -0.25) is 4.72 Å². The Bertz CT molecular complexity index is 1000. The number of benzene rings is 2. The minimum Gasteiger partial charge on any atom is -0.490 e. The van der Waals surface area contributed by atoms with Crippen molar-refractivity contribution in [3.8, 4) is 22.8 Å². The van der Waals surface area contributed by atoms with Crippen molar-refractivity contribution < 1.29 is 17.9 Å². The third kappa shape index (κ3) is 3.49. The van der Waals surface area contributed by atoms with Crippen molar-refractivity contribution in [3.05, 3.63) is 47.8 Å². The number of nitrogens with one attached hydrogen (secondary N) is 1. The highest BCUT2D eigenvalue weighted by Crippen LogP contribution is 2.32. The molecule has 0 amide bonds. The lowest BCUT2D eigenvalue weighted by atomic mass is 10.2. The second-order valence-electron chi connectivity index (χ2n) is 5.63. The molecule has 7 nitrogen and oxygen atoms in total. The van der Waals surface area contributed by atoms with Crippen LogP contribution >= 0.6 is 11.5 Å². The lowest BCUT2D eigenvalue weighted by Crippen LogP contribution is -2.13. The summed E-state index contributed by atoms with van der Waals surface area (Å²) in [5.74, 6) is 0.999. The summed E-state index contributed by atoms with van der Waals surface area (Å²) in [4.78, 5) is 0.120. The van der Waals surface area contributed by atoms with Crippen molar-refractivity contribution in [2.24, 2.45) is 0 Å². The molecule has 1 aliphatic heterocycles. The van der Waals surface area contributed by atoms with Crippen LogP contribution in [0, 0.1) is 0 Å². The molecule has 1 aromatic heterocycles. The zero-order valence-corrected chi connectivity index (χ0v) is 15.2. The van der Waals surface area contributed by atoms with Crippen LogP contribution in [0.5, 0.6) is 11.5 Å². The van der Waals surface area contributed by atoms with Crippen molar-refractivity contribution in [2.45, 2.75) is 11.3 Å². The van der Waals surface area contributed by atoms with Crippen LogP contribution in [-0.2, 0) is 10.0 Å². The summed E-state index contributed by atoms with van der Waals surface area (Å²) >= 11 is 1.26. The Labute approximate surface area is 154 Å². The fraction of sp³-hybridized carbons (Fsp3) is 0.176. The number of fused-ring (bicyclic) bond motifs is 1. The van der Waals surface area contributed by atoms with Crippen LogP contribution in [0.15, 0.2) is 52.7 Å². The lowest BCUT2D eigenvalue weighted by Gasteiger charge is -2.11. The van der Waals surface area contributed by atoms with E-state index in [9.17, 15) is 8.42 Å². The summed E-state index contributed by atoms with van der Waals surface area (Å²) in [6.07, 6.45) is 0.760. The van der Waals surface area contributed by atoms with Crippen molar-refractivity contribution in [1.29, 1.82) is 0 Å². The van der Waals surface area contributed by atoms with E-state index in [1.807, 2.05) is 5.38 Å². The van der Waals surface area contributed by atoms with Gasteiger partial charge < -0.3 is 9.47 Å². The Morgan fingerprint density at radius 3 is 2.50 bits per heavy atom. The molecule has 2 heterocycles. The summed E-state index contributed by atoms with van der Waals surface area (Å²) in [6, 6.07) is 11.6. The van der Waals surface area contributed by atoms with Crippen LogP contribution in [0.1, 0.15) is 6.42 Å². The molecule has 0 unspecified atom stereocenters. The number of sulfonamides is 1. The van der Waals surface area contributed by atoms with Crippen LogP contribution in [0.3, 0.4) is 0 Å². The monoisotopic (exact) mass is 389 g/mol. The van der Waals surface area contributed by atoms with E-state index in [2.05, 4.69) is 14.3 Å². The molecule has 26 heavy (non-hydrogen) atoms. The number of anilines is 1. The maximum Gasteiger partial charge on any atom is 0.262 e. The SMILES string of the molecule is O=S(=O)(Nc1ccc(-c2csnn2)cc1)c1ccc2c(c1)OCCCO2. The lowest BCUT2D eigenvalue weighted by molar-refractivity contribution is 0.297. The highest BCUT2D eigenvalue weighted by Gasteiger charge is 2.19. The molecule has 0 saturated heterocycles. The second kappa shape index (κ2) is 6.93. The Balaban J connectivity index is 1.56. The molecule has 0 aliphatic carbocycles. The average Bonchev–Trinajstić information content (AvgIpc) is 3.07. The van der Waals surface area contributed by atoms with E-state index in [-0.39, 0.29) is 4.90 Å². The topological polar surface area (TPSA) is 90.4 Å². The Morgan fingerprint density at radius 2 is 1.77 bits per heavy atom. The zero-order chi connectivity index (χ0) is 18.0. The number of ether oxygens (including phenoxy) is 2. The first-order valence-electron chi connectivity index (χ1n) is 7.92. The molecule has 3 aromatic rings. The van der Waals surface area contributed by atoms with Gasteiger partial charge in [-0.2, -0.15) is 0 Å². The van der Waals surface area contributed by atoms with Gasteiger partial charge in [0.05, 0.1) is 18.1 Å².